The first-order chi connectivity index (χ1) is 22.3. The predicted octanol–water partition coefficient (Wildman–Crippen LogP) is 10.2. The van der Waals surface area contributed by atoms with Gasteiger partial charge < -0.3 is 4.42 Å². The number of nitrogens with zero attached hydrogens (tertiary/aromatic N) is 4. The fraction of sp³-hybridized carbons (Fsp3) is 0. The number of aromatic nitrogens is 4. The minimum Gasteiger partial charge on any atom is -0.439 e. The summed E-state index contributed by atoms with van der Waals surface area (Å²) in [5, 5.41) is 7.93. The highest BCUT2D eigenvalue weighted by Gasteiger charge is 2.22. The van der Waals surface area contributed by atoms with Crippen LogP contribution >= 0.6 is 0 Å². The highest BCUT2D eigenvalue weighted by Crippen LogP contribution is 2.42. The van der Waals surface area contributed by atoms with Crippen LogP contribution in [0.3, 0.4) is 0 Å². The van der Waals surface area contributed by atoms with Gasteiger partial charge >= 0.3 is 0 Å². The lowest BCUT2D eigenvalue weighted by Gasteiger charge is -2.11. The van der Waals surface area contributed by atoms with E-state index in [0.717, 1.165) is 71.7 Å². The first-order valence-electron chi connectivity index (χ1n) is 15.1. The van der Waals surface area contributed by atoms with Gasteiger partial charge in [0.2, 0.25) is 11.7 Å². The number of rotatable bonds is 3. The van der Waals surface area contributed by atoms with Gasteiger partial charge in [-0.1, -0.05) is 91.0 Å². The monoisotopic (exact) mass is 576 g/mol. The number of benzene rings is 6. The Hall–Kier alpha value is -6.20. The Balaban J connectivity index is 1.26. The minimum atomic E-state index is 0.641. The number of furan rings is 1. The van der Waals surface area contributed by atoms with Gasteiger partial charge in [-0.3, -0.25) is 9.13 Å². The normalized spacial score (nSPS) is 12.0. The Kier molecular flexibility index (Phi) is 4.93. The van der Waals surface area contributed by atoms with Gasteiger partial charge in [-0.2, -0.15) is 0 Å². The van der Waals surface area contributed by atoms with Crippen molar-refractivity contribution in [3.05, 3.63) is 146 Å². The first-order valence-corrected chi connectivity index (χ1v) is 15.1. The Morgan fingerprint density at radius 2 is 1.29 bits per heavy atom. The van der Waals surface area contributed by atoms with Crippen LogP contribution in [0.4, 0.5) is 0 Å². The maximum atomic E-state index is 6.54. The molecule has 0 bridgehead atoms. The van der Waals surface area contributed by atoms with Gasteiger partial charge in [0.25, 0.3) is 0 Å². The van der Waals surface area contributed by atoms with Crippen LogP contribution in [0.1, 0.15) is 0 Å². The summed E-state index contributed by atoms with van der Waals surface area (Å²) in [5.74, 6) is 0.641. The van der Waals surface area contributed by atoms with Crippen LogP contribution in [0.25, 0.3) is 88.4 Å². The summed E-state index contributed by atoms with van der Waals surface area (Å²) < 4.78 is 10.9. The van der Waals surface area contributed by atoms with Crippen molar-refractivity contribution >= 4 is 65.6 Å². The molecule has 4 aromatic heterocycles. The standard InChI is InChI=1S/C40H24N4O/c1-2-12-28(13-3-1)44-34-21-20-33-30(36(34)37-31-15-7-9-17-35(31)45-39(37)44)22-23-43(33)40-41-32-16-8-6-14-29(32)38(42-40)27-19-18-25-10-4-5-11-26(25)24-27/h1-24H. The second kappa shape index (κ2) is 9.15. The average Bonchev–Trinajstić information content (AvgIpc) is 3.79. The molecule has 0 fully saturated rings. The molecule has 5 nitrogen and oxygen atoms in total. The average molecular weight is 577 g/mol. The van der Waals surface area contributed by atoms with Gasteiger partial charge in [0.15, 0.2) is 0 Å². The van der Waals surface area contributed by atoms with E-state index < -0.39 is 0 Å². The van der Waals surface area contributed by atoms with E-state index in [4.69, 9.17) is 14.4 Å². The van der Waals surface area contributed by atoms with E-state index in [9.17, 15) is 0 Å². The van der Waals surface area contributed by atoms with E-state index in [2.05, 4.69) is 131 Å². The molecule has 10 aromatic rings. The fourth-order valence-electron chi connectivity index (χ4n) is 6.93. The fourth-order valence-corrected chi connectivity index (χ4v) is 6.93. The van der Waals surface area contributed by atoms with Gasteiger partial charge in [0.05, 0.1) is 27.6 Å². The Labute approximate surface area is 257 Å². The zero-order valence-corrected chi connectivity index (χ0v) is 24.1. The Bertz CT molecular complexity index is 2770. The van der Waals surface area contributed by atoms with Gasteiger partial charge in [-0.15, -0.1) is 0 Å². The van der Waals surface area contributed by atoms with Crippen LogP contribution in [0.15, 0.2) is 150 Å². The zero-order valence-electron chi connectivity index (χ0n) is 24.1. The van der Waals surface area contributed by atoms with E-state index in [-0.39, 0.29) is 0 Å². The van der Waals surface area contributed by atoms with Crippen LogP contribution < -0.4 is 0 Å². The highest BCUT2D eigenvalue weighted by molar-refractivity contribution is 6.27. The number of hydrogen-bond acceptors (Lipinski definition) is 3. The zero-order chi connectivity index (χ0) is 29.5. The largest absolute Gasteiger partial charge is 0.439 e. The van der Waals surface area contributed by atoms with Crippen LogP contribution in [0.5, 0.6) is 0 Å². The summed E-state index contributed by atoms with van der Waals surface area (Å²) in [6, 6.07) is 48.5. The smallest absolute Gasteiger partial charge is 0.235 e. The van der Waals surface area contributed by atoms with E-state index >= 15 is 0 Å². The second-order valence-corrected chi connectivity index (χ2v) is 11.5. The van der Waals surface area contributed by atoms with Crippen molar-refractivity contribution in [3.8, 4) is 22.9 Å². The maximum absolute atomic E-state index is 6.54. The molecular formula is C40H24N4O. The summed E-state index contributed by atoms with van der Waals surface area (Å²) in [4.78, 5) is 10.3. The molecule has 0 atom stereocenters. The molecule has 6 aromatic carbocycles. The molecule has 0 N–H and O–H groups in total. The summed E-state index contributed by atoms with van der Waals surface area (Å²) in [6.07, 6.45) is 2.09. The predicted molar refractivity (Wildman–Crippen MR) is 183 cm³/mol. The molecule has 4 heterocycles. The molecular weight excluding hydrogens is 552 g/mol. The first kappa shape index (κ1) is 24.3. The van der Waals surface area contributed by atoms with Crippen molar-refractivity contribution < 1.29 is 4.42 Å². The van der Waals surface area contributed by atoms with E-state index in [0.29, 0.717) is 5.95 Å². The second-order valence-electron chi connectivity index (χ2n) is 11.5. The van der Waals surface area contributed by atoms with Crippen LogP contribution in [0, 0.1) is 0 Å². The van der Waals surface area contributed by atoms with Gasteiger partial charge in [0, 0.05) is 39.0 Å². The van der Waals surface area contributed by atoms with Crippen LogP contribution in [-0.2, 0) is 0 Å². The molecule has 10 rings (SSSR count). The van der Waals surface area contributed by atoms with E-state index in [1.54, 1.807) is 0 Å². The van der Waals surface area contributed by atoms with Crippen molar-refractivity contribution in [1.29, 1.82) is 0 Å². The van der Waals surface area contributed by atoms with Crippen LogP contribution in [0.2, 0.25) is 0 Å². The minimum absolute atomic E-state index is 0.641. The molecule has 0 amide bonds. The van der Waals surface area contributed by atoms with Crippen molar-refractivity contribution in [1.82, 2.24) is 19.1 Å². The molecule has 0 unspecified atom stereocenters. The van der Waals surface area contributed by atoms with Crippen molar-refractivity contribution in [3.63, 3.8) is 0 Å². The molecule has 5 heteroatoms. The Morgan fingerprint density at radius 1 is 0.533 bits per heavy atom. The third-order valence-electron chi connectivity index (χ3n) is 8.97. The SMILES string of the molecule is c1ccc(-n2c3ccc4c(ccn4-c4nc(-c5ccc6ccccc6c5)c5ccccc5n4)c3c3c4ccccc4oc32)cc1. The van der Waals surface area contributed by atoms with Crippen molar-refractivity contribution in [2.45, 2.75) is 0 Å². The van der Waals surface area contributed by atoms with E-state index in [1.165, 1.54) is 10.8 Å². The molecule has 0 aliphatic heterocycles. The summed E-state index contributed by atoms with van der Waals surface area (Å²) in [5.41, 5.74) is 7.82. The molecule has 0 radical (unpaired) electrons. The molecule has 0 aliphatic carbocycles. The van der Waals surface area contributed by atoms with Gasteiger partial charge in [-0.25, -0.2) is 9.97 Å². The molecule has 0 aliphatic rings. The summed E-state index contributed by atoms with van der Waals surface area (Å²) in [7, 11) is 0. The molecule has 0 saturated carbocycles. The number of para-hydroxylation sites is 3. The summed E-state index contributed by atoms with van der Waals surface area (Å²) in [6.45, 7) is 0. The highest BCUT2D eigenvalue weighted by atomic mass is 16.3. The van der Waals surface area contributed by atoms with Gasteiger partial charge in [-0.05, 0) is 59.3 Å². The lowest BCUT2D eigenvalue weighted by Crippen LogP contribution is -2.02. The number of hydrogen-bond donors (Lipinski definition) is 0. The van der Waals surface area contributed by atoms with Crippen molar-refractivity contribution in [2.24, 2.45) is 0 Å². The maximum Gasteiger partial charge on any atom is 0.235 e. The lowest BCUT2D eigenvalue weighted by molar-refractivity contribution is 0.645. The molecule has 210 valence electrons. The van der Waals surface area contributed by atoms with Crippen LogP contribution in [-0.4, -0.2) is 19.1 Å². The molecule has 45 heavy (non-hydrogen) atoms. The Morgan fingerprint density at radius 3 is 2.20 bits per heavy atom. The number of fused-ring (bicyclic) bond motifs is 9. The van der Waals surface area contributed by atoms with Gasteiger partial charge in [0.1, 0.15) is 5.58 Å². The van der Waals surface area contributed by atoms with E-state index in [1.807, 2.05) is 24.3 Å². The quantitative estimate of drug-likeness (QED) is 0.210. The third kappa shape index (κ3) is 3.49. The molecule has 0 spiro atoms. The topological polar surface area (TPSA) is 48.8 Å². The van der Waals surface area contributed by atoms with Crippen molar-refractivity contribution in [2.75, 3.05) is 0 Å². The third-order valence-corrected chi connectivity index (χ3v) is 8.97. The lowest BCUT2D eigenvalue weighted by atomic mass is 10.0. The summed E-state index contributed by atoms with van der Waals surface area (Å²) >= 11 is 0. The molecule has 0 saturated heterocycles.